The molecule has 0 saturated heterocycles. The Morgan fingerprint density at radius 2 is 1.79 bits per heavy atom. The van der Waals surface area contributed by atoms with Gasteiger partial charge in [0.2, 0.25) is 6.79 Å². The Labute approximate surface area is 189 Å². The molecule has 3 aromatic carbocycles. The Morgan fingerprint density at radius 1 is 1.03 bits per heavy atom. The number of nitrogens with one attached hydrogen (secondary N) is 1. The quantitative estimate of drug-likeness (QED) is 0.478. The zero-order valence-corrected chi connectivity index (χ0v) is 17.7. The lowest BCUT2D eigenvalue weighted by Crippen LogP contribution is -2.25. The SMILES string of the molecule is COc1ccc(-n2nc(-c3ccc(F)cc3)cc2C(=O)NCc2ccc3c(c2)OCO3)cc1. The minimum atomic E-state index is -0.338. The van der Waals surface area contributed by atoms with Crippen LogP contribution in [-0.4, -0.2) is 29.6 Å². The molecule has 0 radical (unpaired) electrons. The second-order valence-electron chi connectivity index (χ2n) is 7.40. The van der Waals surface area contributed by atoms with Crippen LogP contribution in [0.1, 0.15) is 16.1 Å². The lowest BCUT2D eigenvalue weighted by molar-refractivity contribution is 0.0943. The summed E-state index contributed by atoms with van der Waals surface area (Å²) in [6, 6.07) is 20.4. The number of hydrogen-bond donors (Lipinski definition) is 1. The van der Waals surface area contributed by atoms with E-state index in [0.29, 0.717) is 46.4 Å². The van der Waals surface area contributed by atoms with E-state index in [4.69, 9.17) is 14.2 Å². The maximum Gasteiger partial charge on any atom is 0.270 e. The van der Waals surface area contributed by atoms with Crippen molar-refractivity contribution in [3.05, 3.63) is 89.9 Å². The summed E-state index contributed by atoms with van der Waals surface area (Å²) in [5, 5.41) is 7.55. The fourth-order valence-corrected chi connectivity index (χ4v) is 3.55. The van der Waals surface area contributed by atoms with Crippen LogP contribution in [-0.2, 0) is 6.54 Å². The van der Waals surface area contributed by atoms with Crippen molar-refractivity contribution in [2.45, 2.75) is 6.54 Å². The first kappa shape index (κ1) is 20.6. The lowest BCUT2D eigenvalue weighted by Gasteiger charge is -2.09. The van der Waals surface area contributed by atoms with E-state index in [1.807, 2.05) is 30.3 Å². The molecule has 5 rings (SSSR count). The van der Waals surface area contributed by atoms with Crippen LogP contribution in [0.3, 0.4) is 0 Å². The minimum Gasteiger partial charge on any atom is -0.497 e. The van der Waals surface area contributed by atoms with Gasteiger partial charge in [-0.15, -0.1) is 0 Å². The summed E-state index contributed by atoms with van der Waals surface area (Å²) in [7, 11) is 1.59. The number of benzene rings is 3. The molecule has 0 saturated carbocycles. The van der Waals surface area contributed by atoms with Crippen molar-refractivity contribution in [2.24, 2.45) is 0 Å². The first-order valence-electron chi connectivity index (χ1n) is 10.3. The number of amides is 1. The van der Waals surface area contributed by atoms with Gasteiger partial charge in [-0.3, -0.25) is 4.79 Å². The highest BCUT2D eigenvalue weighted by atomic mass is 19.1. The van der Waals surface area contributed by atoms with Crippen LogP contribution in [0.25, 0.3) is 16.9 Å². The molecule has 1 aliphatic heterocycles. The van der Waals surface area contributed by atoms with E-state index in [0.717, 1.165) is 5.56 Å². The van der Waals surface area contributed by atoms with E-state index in [1.54, 1.807) is 42.1 Å². The third-order valence-electron chi connectivity index (χ3n) is 5.29. The van der Waals surface area contributed by atoms with Gasteiger partial charge in [0.25, 0.3) is 5.91 Å². The van der Waals surface area contributed by atoms with E-state index in [2.05, 4.69) is 10.4 Å². The van der Waals surface area contributed by atoms with Crippen molar-refractivity contribution in [3.8, 4) is 34.2 Å². The number of halogens is 1. The van der Waals surface area contributed by atoms with Crippen molar-refractivity contribution in [3.63, 3.8) is 0 Å². The zero-order chi connectivity index (χ0) is 22.8. The van der Waals surface area contributed by atoms with Gasteiger partial charge in [-0.1, -0.05) is 6.07 Å². The number of hydrogen-bond acceptors (Lipinski definition) is 5. The highest BCUT2D eigenvalue weighted by Gasteiger charge is 2.19. The zero-order valence-electron chi connectivity index (χ0n) is 17.7. The molecule has 1 amide bonds. The topological polar surface area (TPSA) is 74.6 Å². The molecule has 1 N–H and O–H groups in total. The van der Waals surface area contributed by atoms with Crippen molar-refractivity contribution >= 4 is 5.91 Å². The summed E-state index contributed by atoms with van der Waals surface area (Å²) in [5.41, 5.74) is 3.17. The van der Waals surface area contributed by atoms with Gasteiger partial charge < -0.3 is 19.5 Å². The van der Waals surface area contributed by atoms with E-state index in [-0.39, 0.29) is 18.5 Å². The van der Waals surface area contributed by atoms with Gasteiger partial charge in [0.05, 0.1) is 18.5 Å². The van der Waals surface area contributed by atoms with Crippen molar-refractivity contribution in [1.82, 2.24) is 15.1 Å². The third kappa shape index (κ3) is 4.23. The molecule has 4 aromatic rings. The maximum atomic E-state index is 13.4. The van der Waals surface area contributed by atoms with Gasteiger partial charge in [-0.25, -0.2) is 9.07 Å². The van der Waals surface area contributed by atoms with Gasteiger partial charge in [-0.05, 0) is 72.3 Å². The third-order valence-corrected chi connectivity index (χ3v) is 5.29. The Hall–Kier alpha value is -4.33. The number of carbonyl (C=O) groups is 1. The van der Waals surface area contributed by atoms with Crippen LogP contribution >= 0.6 is 0 Å². The number of ether oxygens (including phenoxy) is 3. The van der Waals surface area contributed by atoms with Crippen molar-refractivity contribution in [1.29, 1.82) is 0 Å². The van der Waals surface area contributed by atoms with Crippen LogP contribution in [0.5, 0.6) is 17.2 Å². The molecule has 0 unspecified atom stereocenters. The molecule has 0 atom stereocenters. The van der Waals surface area contributed by atoms with E-state index < -0.39 is 0 Å². The monoisotopic (exact) mass is 445 g/mol. The molecule has 0 fully saturated rings. The first-order valence-corrected chi connectivity index (χ1v) is 10.3. The number of aromatic nitrogens is 2. The number of fused-ring (bicyclic) bond motifs is 1. The fraction of sp³-hybridized carbons (Fsp3) is 0.120. The fourth-order valence-electron chi connectivity index (χ4n) is 3.55. The summed E-state index contributed by atoms with van der Waals surface area (Å²) in [5.74, 6) is 1.40. The Bertz CT molecular complexity index is 1300. The molecule has 8 heteroatoms. The second kappa shape index (κ2) is 8.66. The molecule has 0 spiro atoms. The second-order valence-corrected chi connectivity index (χ2v) is 7.40. The van der Waals surface area contributed by atoms with Crippen LogP contribution < -0.4 is 19.5 Å². The smallest absolute Gasteiger partial charge is 0.270 e. The predicted molar refractivity (Wildman–Crippen MR) is 119 cm³/mol. The average molecular weight is 445 g/mol. The number of rotatable bonds is 6. The first-order chi connectivity index (χ1) is 16.1. The van der Waals surface area contributed by atoms with E-state index >= 15 is 0 Å². The lowest BCUT2D eigenvalue weighted by atomic mass is 10.1. The summed E-state index contributed by atoms with van der Waals surface area (Å²) in [6.45, 7) is 0.494. The van der Waals surface area contributed by atoms with Crippen molar-refractivity contribution in [2.75, 3.05) is 13.9 Å². The van der Waals surface area contributed by atoms with Crippen LogP contribution in [0.15, 0.2) is 72.8 Å². The van der Waals surface area contributed by atoms with Crippen LogP contribution in [0.2, 0.25) is 0 Å². The largest absolute Gasteiger partial charge is 0.497 e. The number of methoxy groups -OCH3 is 1. The Morgan fingerprint density at radius 3 is 2.55 bits per heavy atom. The molecule has 166 valence electrons. The normalized spacial score (nSPS) is 11.9. The summed E-state index contributed by atoms with van der Waals surface area (Å²) >= 11 is 0. The Balaban J connectivity index is 1.44. The molecule has 33 heavy (non-hydrogen) atoms. The van der Waals surface area contributed by atoms with Gasteiger partial charge in [-0.2, -0.15) is 5.10 Å². The van der Waals surface area contributed by atoms with Gasteiger partial charge in [0, 0.05) is 12.1 Å². The maximum absolute atomic E-state index is 13.4. The highest BCUT2D eigenvalue weighted by Crippen LogP contribution is 2.32. The summed E-state index contributed by atoms with van der Waals surface area (Å²) < 4.78 is 30.9. The molecular weight excluding hydrogens is 425 g/mol. The van der Waals surface area contributed by atoms with Gasteiger partial charge in [0.1, 0.15) is 17.3 Å². The van der Waals surface area contributed by atoms with E-state index in [1.165, 1.54) is 12.1 Å². The molecule has 2 heterocycles. The molecular formula is C25H20FN3O4. The number of carbonyl (C=O) groups excluding carboxylic acids is 1. The average Bonchev–Trinajstić information content (AvgIpc) is 3.50. The predicted octanol–water partition coefficient (Wildman–Crippen LogP) is 4.35. The Kier molecular flexibility index (Phi) is 5.40. The van der Waals surface area contributed by atoms with Crippen LogP contribution in [0, 0.1) is 5.82 Å². The standard InChI is InChI=1S/C25H20FN3O4/c1-31-20-9-7-19(8-10-20)29-22(13-21(28-29)17-3-5-18(26)6-4-17)25(30)27-14-16-2-11-23-24(12-16)33-15-32-23/h2-13H,14-15H2,1H3,(H,27,30). The molecule has 0 bridgehead atoms. The number of nitrogens with zero attached hydrogens (tertiary/aromatic N) is 2. The summed E-state index contributed by atoms with van der Waals surface area (Å²) in [4.78, 5) is 13.2. The summed E-state index contributed by atoms with van der Waals surface area (Å²) in [6.07, 6.45) is 0. The highest BCUT2D eigenvalue weighted by molar-refractivity contribution is 5.94. The molecule has 1 aliphatic rings. The van der Waals surface area contributed by atoms with Gasteiger partial charge >= 0.3 is 0 Å². The van der Waals surface area contributed by atoms with Crippen LogP contribution in [0.4, 0.5) is 4.39 Å². The van der Waals surface area contributed by atoms with E-state index in [9.17, 15) is 9.18 Å². The van der Waals surface area contributed by atoms with Gasteiger partial charge in [0.15, 0.2) is 11.5 Å². The molecule has 1 aromatic heterocycles. The molecule has 7 nitrogen and oxygen atoms in total. The van der Waals surface area contributed by atoms with Crippen molar-refractivity contribution < 1.29 is 23.4 Å². The minimum absolute atomic E-state index is 0.193. The molecule has 0 aliphatic carbocycles.